The summed E-state index contributed by atoms with van der Waals surface area (Å²) in [6.45, 7) is 5.29. The molecular weight excluding hydrogens is 214 g/mol. The Hall–Kier alpha value is -0.570. The first-order valence-corrected chi connectivity index (χ1v) is 6.92. The third-order valence-corrected chi connectivity index (χ3v) is 4.20. The van der Waals surface area contributed by atoms with Crippen molar-refractivity contribution >= 4 is 5.97 Å². The Bertz CT molecular complexity index is 277. The highest BCUT2D eigenvalue weighted by atomic mass is 16.5. The Labute approximate surface area is 105 Å². The maximum Gasteiger partial charge on any atom is 0.320 e. The van der Waals surface area contributed by atoms with Gasteiger partial charge >= 0.3 is 5.97 Å². The molecule has 0 aliphatic heterocycles. The van der Waals surface area contributed by atoms with E-state index in [2.05, 4.69) is 4.90 Å². The Morgan fingerprint density at radius 1 is 1.35 bits per heavy atom. The zero-order valence-electron chi connectivity index (χ0n) is 11.3. The summed E-state index contributed by atoms with van der Waals surface area (Å²) >= 11 is 0. The zero-order chi connectivity index (χ0) is 12.4. The van der Waals surface area contributed by atoms with Crippen LogP contribution in [-0.4, -0.2) is 37.1 Å². The molecule has 2 saturated carbocycles. The van der Waals surface area contributed by atoms with E-state index in [1.54, 1.807) is 0 Å². The van der Waals surface area contributed by atoms with Crippen LogP contribution in [0, 0.1) is 17.8 Å². The average molecular weight is 239 g/mol. The number of rotatable bonds is 5. The second-order valence-corrected chi connectivity index (χ2v) is 6.17. The molecule has 3 heteroatoms. The second-order valence-electron chi connectivity index (χ2n) is 6.17. The fraction of sp³-hybridized carbons (Fsp3) is 0.929. The maximum atomic E-state index is 11.5. The molecule has 0 aromatic heterocycles. The molecule has 2 aliphatic rings. The number of carbonyl (C=O) groups excluding carboxylic acids is 1. The summed E-state index contributed by atoms with van der Waals surface area (Å²) in [6.07, 6.45) is 5.68. The molecule has 0 radical (unpaired) electrons. The molecule has 17 heavy (non-hydrogen) atoms. The number of ether oxygens (including phenoxy) is 1. The number of nitrogens with zero attached hydrogens (tertiary/aromatic N) is 1. The number of likely N-dealkylation sites (N-methyl/N-ethyl adjacent to an activating group) is 1. The smallest absolute Gasteiger partial charge is 0.320 e. The predicted octanol–water partition coefficient (Wildman–Crippen LogP) is 2.31. The van der Waals surface area contributed by atoms with E-state index in [0.29, 0.717) is 6.54 Å². The van der Waals surface area contributed by atoms with Gasteiger partial charge in [0.15, 0.2) is 0 Å². The van der Waals surface area contributed by atoms with E-state index < -0.39 is 0 Å². The fourth-order valence-electron chi connectivity index (χ4n) is 3.59. The molecule has 3 atom stereocenters. The van der Waals surface area contributed by atoms with Crippen LogP contribution in [0.25, 0.3) is 0 Å². The summed E-state index contributed by atoms with van der Waals surface area (Å²) in [5.41, 5.74) is 0. The number of fused-ring (bicyclic) bond motifs is 2. The van der Waals surface area contributed by atoms with Gasteiger partial charge in [-0.15, -0.1) is 0 Å². The molecule has 0 N–H and O–H groups in total. The van der Waals surface area contributed by atoms with Crippen molar-refractivity contribution in [2.24, 2.45) is 17.8 Å². The van der Waals surface area contributed by atoms with Crippen LogP contribution >= 0.6 is 0 Å². The average Bonchev–Trinajstić information content (AvgIpc) is 2.76. The fourth-order valence-corrected chi connectivity index (χ4v) is 3.59. The van der Waals surface area contributed by atoms with Gasteiger partial charge in [0, 0.05) is 6.54 Å². The van der Waals surface area contributed by atoms with Gasteiger partial charge in [0.05, 0.1) is 12.6 Å². The van der Waals surface area contributed by atoms with Gasteiger partial charge in [0.2, 0.25) is 0 Å². The molecule has 3 nitrogen and oxygen atoms in total. The molecule has 0 saturated heterocycles. The summed E-state index contributed by atoms with van der Waals surface area (Å²) in [7, 11) is 2.04. The molecule has 0 heterocycles. The van der Waals surface area contributed by atoms with Crippen molar-refractivity contribution in [1.82, 2.24) is 4.90 Å². The van der Waals surface area contributed by atoms with Crippen molar-refractivity contribution < 1.29 is 9.53 Å². The minimum atomic E-state index is -0.0920. The van der Waals surface area contributed by atoms with Crippen molar-refractivity contribution in [2.45, 2.75) is 45.6 Å². The third-order valence-electron chi connectivity index (χ3n) is 4.20. The largest absolute Gasteiger partial charge is 0.462 e. The molecule has 0 aromatic carbocycles. The van der Waals surface area contributed by atoms with Crippen molar-refractivity contribution in [3.8, 4) is 0 Å². The van der Waals surface area contributed by atoms with Crippen molar-refractivity contribution in [3.63, 3.8) is 0 Å². The molecule has 0 aromatic rings. The van der Waals surface area contributed by atoms with Crippen LogP contribution in [0.1, 0.15) is 39.5 Å². The van der Waals surface area contributed by atoms with Crippen LogP contribution in [0.2, 0.25) is 0 Å². The molecule has 2 fully saturated rings. The Balaban J connectivity index is 1.70. The summed E-state index contributed by atoms with van der Waals surface area (Å²) < 4.78 is 5.17. The van der Waals surface area contributed by atoms with Crippen molar-refractivity contribution in [1.29, 1.82) is 0 Å². The van der Waals surface area contributed by atoms with Gasteiger partial charge in [0.25, 0.3) is 0 Å². The quantitative estimate of drug-likeness (QED) is 0.689. The van der Waals surface area contributed by atoms with E-state index >= 15 is 0 Å². The topological polar surface area (TPSA) is 29.5 Å². The van der Waals surface area contributed by atoms with Crippen LogP contribution in [0.4, 0.5) is 0 Å². The number of hydrogen-bond acceptors (Lipinski definition) is 3. The lowest BCUT2D eigenvalue weighted by molar-refractivity contribution is -0.148. The standard InChI is InChI=1S/C14H25NO2/c1-10(2)17-14(16)9-15(3)8-13-7-11-4-5-12(13)6-11/h10-13H,4-9H2,1-3H3. The molecule has 98 valence electrons. The van der Waals surface area contributed by atoms with Gasteiger partial charge in [-0.25, -0.2) is 0 Å². The van der Waals surface area contributed by atoms with E-state index in [-0.39, 0.29) is 12.1 Å². The summed E-state index contributed by atoms with van der Waals surface area (Å²) in [5.74, 6) is 2.65. The molecule has 2 bridgehead atoms. The lowest BCUT2D eigenvalue weighted by atomic mass is 9.88. The predicted molar refractivity (Wildman–Crippen MR) is 67.7 cm³/mol. The minimum absolute atomic E-state index is 0.00149. The van der Waals surface area contributed by atoms with Crippen LogP contribution in [0.15, 0.2) is 0 Å². The maximum absolute atomic E-state index is 11.5. The first-order valence-electron chi connectivity index (χ1n) is 6.92. The van der Waals surface area contributed by atoms with Crippen molar-refractivity contribution in [2.75, 3.05) is 20.1 Å². The van der Waals surface area contributed by atoms with Gasteiger partial charge in [-0.3, -0.25) is 9.69 Å². The summed E-state index contributed by atoms with van der Waals surface area (Å²) in [4.78, 5) is 13.7. The van der Waals surface area contributed by atoms with Gasteiger partial charge < -0.3 is 4.74 Å². The van der Waals surface area contributed by atoms with Gasteiger partial charge in [-0.2, -0.15) is 0 Å². The van der Waals surface area contributed by atoms with Gasteiger partial charge in [-0.05, 0) is 57.9 Å². The van der Waals surface area contributed by atoms with E-state index in [9.17, 15) is 4.79 Å². The van der Waals surface area contributed by atoms with E-state index in [1.807, 2.05) is 20.9 Å². The molecular formula is C14H25NO2. The molecule has 2 aliphatic carbocycles. The summed E-state index contributed by atoms with van der Waals surface area (Å²) in [6, 6.07) is 0. The second kappa shape index (κ2) is 5.38. The minimum Gasteiger partial charge on any atom is -0.462 e. The normalized spacial score (nSPS) is 31.5. The van der Waals surface area contributed by atoms with Gasteiger partial charge in [0.1, 0.15) is 0 Å². The third kappa shape index (κ3) is 3.44. The summed E-state index contributed by atoms with van der Waals surface area (Å²) in [5, 5.41) is 0. The van der Waals surface area contributed by atoms with Gasteiger partial charge in [-0.1, -0.05) is 6.42 Å². The molecule has 3 unspecified atom stereocenters. The van der Waals surface area contributed by atoms with Crippen LogP contribution in [0.5, 0.6) is 0 Å². The first-order chi connectivity index (χ1) is 8.04. The Morgan fingerprint density at radius 2 is 2.12 bits per heavy atom. The van der Waals surface area contributed by atoms with Crippen LogP contribution in [-0.2, 0) is 9.53 Å². The Kier molecular flexibility index (Phi) is 4.08. The van der Waals surface area contributed by atoms with Crippen LogP contribution in [0.3, 0.4) is 0 Å². The Morgan fingerprint density at radius 3 is 2.65 bits per heavy atom. The van der Waals surface area contributed by atoms with E-state index in [0.717, 1.165) is 24.3 Å². The highest BCUT2D eigenvalue weighted by Crippen LogP contribution is 2.48. The van der Waals surface area contributed by atoms with E-state index in [4.69, 9.17) is 4.74 Å². The lowest BCUT2D eigenvalue weighted by Crippen LogP contribution is -2.34. The lowest BCUT2D eigenvalue weighted by Gasteiger charge is -2.26. The highest BCUT2D eigenvalue weighted by Gasteiger charge is 2.39. The SMILES string of the molecule is CC(C)OC(=O)CN(C)CC1CC2CCC1C2. The number of esters is 1. The molecule has 0 spiro atoms. The van der Waals surface area contributed by atoms with E-state index in [1.165, 1.54) is 25.7 Å². The van der Waals surface area contributed by atoms with Crippen LogP contribution < -0.4 is 0 Å². The van der Waals surface area contributed by atoms with Crippen molar-refractivity contribution in [3.05, 3.63) is 0 Å². The monoisotopic (exact) mass is 239 g/mol. The highest BCUT2D eigenvalue weighted by molar-refractivity contribution is 5.71. The molecule has 2 rings (SSSR count). The number of carbonyl (C=O) groups is 1. The molecule has 0 amide bonds. The zero-order valence-corrected chi connectivity index (χ0v) is 11.3. The number of hydrogen-bond donors (Lipinski definition) is 0. The first kappa shape index (κ1) is 12.9.